The quantitative estimate of drug-likeness (QED) is 0.411. The summed E-state index contributed by atoms with van der Waals surface area (Å²) in [4.78, 5) is 13.7. The molecule has 1 aromatic carbocycles. The van der Waals surface area contributed by atoms with E-state index in [1.807, 2.05) is 22.8 Å². The van der Waals surface area contributed by atoms with Crippen LogP contribution in [0.5, 0.6) is 0 Å². The number of aromatic nitrogens is 4. The molecule has 1 aliphatic rings. The van der Waals surface area contributed by atoms with E-state index in [2.05, 4.69) is 33.5 Å². The topological polar surface area (TPSA) is 99.7 Å². The zero-order valence-corrected chi connectivity index (χ0v) is 19.3. The zero-order chi connectivity index (χ0) is 22.3. The van der Waals surface area contributed by atoms with Gasteiger partial charge in [-0.1, -0.05) is 6.07 Å². The van der Waals surface area contributed by atoms with E-state index >= 15 is 0 Å². The number of aliphatic hydroxyl groups is 1. The van der Waals surface area contributed by atoms with Gasteiger partial charge >= 0.3 is 0 Å². The summed E-state index contributed by atoms with van der Waals surface area (Å²) in [5.74, 6) is 1.86. The number of anilines is 2. The molecule has 0 radical (unpaired) electrons. The fourth-order valence-electron chi connectivity index (χ4n) is 3.88. The highest BCUT2D eigenvalue weighted by molar-refractivity contribution is 5.85. The van der Waals surface area contributed by atoms with Gasteiger partial charge in [-0.2, -0.15) is 5.26 Å². The van der Waals surface area contributed by atoms with E-state index in [0.717, 1.165) is 22.3 Å². The lowest BCUT2D eigenvalue weighted by molar-refractivity contribution is 0.0626. The van der Waals surface area contributed by atoms with E-state index in [-0.39, 0.29) is 12.4 Å². The minimum Gasteiger partial charge on any atom is -0.389 e. The molecule has 4 aromatic rings. The number of benzene rings is 1. The van der Waals surface area contributed by atoms with Gasteiger partial charge in [0, 0.05) is 11.8 Å². The number of nitriles is 1. The predicted molar refractivity (Wildman–Crippen MR) is 131 cm³/mol. The van der Waals surface area contributed by atoms with E-state index < -0.39 is 5.60 Å². The zero-order valence-electron chi connectivity index (χ0n) is 18.5. The first kappa shape index (κ1) is 22.7. The van der Waals surface area contributed by atoms with Crippen LogP contribution in [0.3, 0.4) is 0 Å². The van der Waals surface area contributed by atoms with Gasteiger partial charge in [-0.15, -0.1) is 12.4 Å². The second-order valence-corrected chi connectivity index (χ2v) is 9.00. The van der Waals surface area contributed by atoms with Gasteiger partial charge in [0.2, 0.25) is 0 Å². The van der Waals surface area contributed by atoms with Crippen molar-refractivity contribution in [3.8, 4) is 17.3 Å². The molecule has 1 aliphatic carbocycles. The monoisotopic (exact) mass is 460 g/mol. The summed E-state index contributed by atoms with van der Waals surface area (Å²) in [6.45, 7) is 4.05. The number of halogens is 1. The molecule has 168 valence electrons. The summed E-state index contributed by atoms with van der Waals surface area (Å²) in [5.41, 5.74) is 4.68. The molecule has 0 amide bonds. The minimum atomic E-state index is -0.816. The number of fused-ring (bicyclic) bond motifs is 1. The van der Waals surface area contributed by atoms with Crippen LogP contribution in [0.4, 0.5) is 11.6 Å². The Kier molecular flexibility index (Phi) is 6.07. The molecule has 0 saturated heterocycles. The molecule has 8 heteroatoms. The average molecular weight is 461 g/mol. The standard InChI is InChI=1S/C25H24N6O.ClH/c1-25(2,32)14-31-15-28-21-10-18(5-6-22(21)31)20-11-19(17-3-4-17)12-24(29-20)30-23-9-16(13-26)7-8-27-23;/h5-12,15,17,32H,3-4,14H2,1-2H3,(H,27,29,30);1H. The van der Waals surface area contributed by atoms with Gasteiger partial charge in [-0.05, 0) is 74.6 Å². The Morgan fingerprint density at radius 3 is 2.67 bits per heavy atom. The molecule has 3 heterocycles. The highest BCUT2D eigenvalue weighted by Gasteiger charge is 2.25. The summed E-state index contributed by atoms with van der Waals surface area (Å²) in [6, 6.07) is 15.9. The van der Waals surface area contributed by atoms with Gasteiger partial charge < -0.3 is 15.0 Å². The normalized spacial score (nSPS) is 13.4. The average Bonchev–Trinajstić information content (AvgIpc) is 3.55. The van der Waals surface area contributed by atoms with Crippen LogP contribution in [0.1, 0.15) is 43.7 Å². The van der Waals surface area contributed by atoms with Gasteiger partial charge in [0.05, 0.1) is 46.8 Å². The number of nitrogens with zero attached hydrogens (tertiary/aromatic N) is 5. The predicted octanol–water partition coefficient (Wildman–Crippen LogP) is 5.18. The maximum absolute atomic E-state index is 10.2. The molecule has 0 spiro atoms. The maximum Gasteiger partial charge on any atom is 0.132 e. The fourth-order valence-corrected chi connectivity index (χ4v) is 3.88. The van der Waals surface area contributed by atoms with Crippen molar-refractivity contribution >= 4 is 35.1 Å². The second kappa shape index (κ2) is 8.81. The smallest absolute Gasteiger partial charge is 0.132 e. The lowest BCUT2D eigenvalue weighted by Gasteiger charge is -2.18. The van der Waals surface area contributed by atoms with Crippen LogP contribution in [0, 0.1) is 11.3 Å². The van der Waals surface area contributed by atoms with Crippen molar-refractivity contribution in [3.63, 3.8) is 0 Å². The van der Waals surface area contributed by atoms with Crippen LogP contribution in [0.2, 0.25) is 0 Å². The fraction of sp³-hybridized carbons (Fsp3) is 0.280. The van der Waals surface area contributed by atoms with E-state index in [4.69, 9.17) is 10.2 Å². The summed E-state index contributed by atoms with van der Waals surface area (Å²) < 4.78 is 1.97. The Bertz CT molecular complexity index is 1350. The molecule has 5 rings (SSSR count). The van der Waals surface area contributed by atoms with E-state index in [0.29, 0.717) is 29.7 Å². The first-order valence-electron chi connectivity index (χ1n) is 10.7. The number of hydrogen-bond donors (Lipinski definition) is 2. The van der Waals surface area contributed by atoms with Gasteiger partial charge in [-0.25, -0.2) is 15.0 Å². The summed E-state index contributed by atoms with van der Waals surface area (Å²) >= 11 is 0. The third-order valence-corrected chi connectivity index (χ3v) is 5.52. The SMILES string of the molecule is CC(C)(O)Cn1cnc2cc(-c3cc(C4CC4)cc(Nc4cc(C#N)ccn4)n3)ccc21.Cl. The van der Waals surface area contributed by atoms with Crippen molar-refractivity contribution in [2.24, 2.45) is 0 Å². The van der Waals surface area contributed by atoms with E-state index in [1.165, 1.54) is 18.4 Å². The summed E-state index contributed by atoms with van der Waals surface area (Å²) in [7, 11) is 0. The maximum atomic E-state index is 10.2. The Hall–Kier alpha value is -3.47. The first-order chi connectivity index (χ1) is 15.4. The lowest BCUT2D eigenvalue weighted by Crippen LogP contribution is -2.25. The number of rotatable bonds is 6. The lowest BCUT2D eigenvalue weighted by atomic mass is 10.1. The number of imidazole rings is 1. The second-order valence-electron chi connectivity index (χ2n) is 9.00. The van der Waals surface area contributed by atoms with Crippen molar-refractivity contribution in [1.82, 2.24) is 19.5 Å². The van der Waals surface area contributed by atoms with Gasteiger partial charge in [0.1, 0.15) is 11.6 Å². The highest BCUT2D eigenvalue weighted by atomic mass is 35.5. The molecule has 0 bridgehead atoms. The van der Waals surface area contributed by atoms with E-state index in [9.17, 15) is 5.11 Å². The molecule has 33 heavy (non-hydrogen) atoms. The van der Waals surface area contributed by atoms with Crippen LogP contribution in [0.25, 0.3) is 22.3 Å². The van der Waals surface area contributed by atoms with Crippen LogP contribution in [0.15, 0.2) is 55.0 Å². The third kappa shape index (κ3) is 5.14. The van der Waals surface area contributed by atoms with Crippen LogP contribution in [-0.4, -0.2) is 30.2 Å². The molecular formula is C25H25ClN6O. The molecule has 0 unspecified atom stereocenters. The minimum absolute atomic E-state index is 0. The van der Waals surface area contributed by atoms with Crippen molar-refractivity contribution in [2.75, 3.05) is 5.32 Å². The Morgan fingerprint density at radius 1 is 1.12 bits per heavy atom. The molecule has 1 fully saturated rings. The van der Waals surface area contributed by atoms with Crippen molar-refractivity contribution in [3.05, 3.63) is 66.1 Å². The van der Waals surface area contributed by atoms with Crippen molar-refractivity contribution in [2.45, 2.75) is 44.8 Å². The summed E-state index contributed by atoms with van der Waals surface area (Å²) in [6.07, 6.45) is 5.75. The van der Waals surface area contributed by atoms with Gasteiger partial charge in [0.25, 0.3) is 0 Å². The number of pyridine rings is 2. The molecular weight excluding hydrogens is 436 g/mol. The Labute approximate surface area is 198 Å². The van der Waals surface area contributed by atoms with E-state index in [1.54, 1.807) is 38.5 Å². The number of nitrogens with one attached hydrogen (secondary N) is 1. The molecule has 3 aromatic heterocycles. The van der Waals surface area contributed by atoms with Crippen molar-refractivity contribution in [1.29, 1.82) is 5.26 Å². The van der Waals surface area contributed by atoms with Crippen LogP contribution in [-0.2, 0) is 6.54 Å². The van der Waals surface area contributed by atoms with Crippen LogP contribution < -0.4 is 5.32 Å². The molecule has 0 atom stereocenters. The molecule has 7 nitrogen and oxygen atoms in total. The molecule has 1 saturated carbocycles. The largest absolute Gasteiger partial charge is 0.389 e. The molecule has 2 N–H and O–H groups in total. The van der Waals surface area contributed by atoms with Gasteiger partial charge in [-0.3, -0.25) is 0 Å². The highest BCUT2D eigenvalue weighted by Crippen LogP contribution is 2.42. The third-order valence-electron chi connectivity index (χ3n) is 5.52. The number of hydrogen-bond acceptors (Lipinski definition) is 6. The van der Waals surface area contributed by atoms with Crippen molar-refractivity contribution < 1.29 is 5.11 Å². The first-order valence-corrected chi connectivity index (χ1v) is 10.7. The summed E-state index contributed by atoms with van der Waals surface area (Å²) in [5, 5.41) is 22.6. The molecule has 0 aliphatic heterocycles. The van der Waals surface area contributed by atoms with Crippen LogP contribution >= 0.6 is 12.4 Å². The Morgan fingerprint density at radius 2 is 1.94 bits per heavy atom. The van der Waals surface area contributed by atoms with Gasteiger partial charge in [0.15, 0.2) is 0 Å². The Balaban J connectivity index is 0.00000259.